The molecule has 0 heterocycles. The summed E-state index contributed by atoms with van der Waals surface area (Å²) >= 11 is 0. The second-order valence-electron chi connectivity index (χ2n) is 4.28. The molecule has 0 unspecified atom stereocenters. The number of carboxylic acid groups (broad SMARTS) is 1. The number of hydrogen-bond donors (Lipinski definition) is 2. The molecule has 7 heteroatoms. The molecule has 0 saturated carbocycles. The van der Waals surface area contributed by atoms with Crippen LogP contribution in [0.15, 0.2) is 53.4 Å². The molecule has 0 aliphatic rings. The highest BCUT2D eigenvalue weighted by Crippen LogP contribution is 2.12. The largest absolute Gasteiger partial charge is 0.478 e. The molecule has 2 rings (SSSR count). The van der Waals surface area contributed by atoms with Gasteiger partial charge in [-0.2, -0.15) is 0 Å². The number of sulfonamides is 1. The van der Waals surface area contributed by atoms with Crippen LogP contribution in [0.2, 0.25) is 0 Å². The van der Waals surface area contributed by atoms with Crippen molar-refractivity contribution in [3.63, 3.8) is 0 Å². The third-order valence-electron chi connectivity index (χ3n) is 2.77. The van der Waals surface area contributed by atoms with E-state index in [0.29, 0.717) is 5.56 Å². The molecule has 0 bridgehead atoms. The summed E-state index contributed by atoms with van der Waals surface area (Å²) in [4.78, 5) is 10.7. The highest BCUT2D eigenvalue weighted by Gasteiger charge is 2.15. The second-order valence-corrected chi connectivity index (χ2v) is 6.05. The fraction of sp³-hybridized carbons (Fsp3) is 0.0714. The topological polar surface area (TPSA) is 83.5 Å². The van der Waals surface area contributed by atoms with Crippen LogP contribution in [-0.2, 0) is 16.6 Å². The molecule has 0 aliphatic heterocycles. The number of aromatic carboxylic acids is 1. The normalized spacial score (nSPS) is 11.3. The Hall–Kier alpha value is -2.25. The smallest absolute Gasteiger partial charge is 0.335 e. The molecule has 2 aromatic rings. The first-order valence-corrected chi connectivity index (χ1v) is 7.44. The molecule has 110 valence electrons. The standard InChI is InChI=1S/C14H12FNO4S/c15-12-6-4-10(5-7-12)9-16-21(19,20)13-3-1-2-11(8-13)14(17)18/h1-8,16H,9H2,(H,17,18). The van der Waals surface area contributed by atoms with E-state index >= 15 is 0 Å². The summed E-state index contributed by atoms with van der Waals surface area (Å²) in [6.45, 7) is -0.0140. The molecule has 0 radical (unpaired) electrons. The van der Waals surface area contributed by atoms with E-state index in [-0.39, 0.29) is 17.0 Å². The zero-order valence-electron chi connectivity index (χ0n) is 10.8. The van der Waals surface area contributed by atoms with Crippen LogP contribution in [0.5, 0.6) is 0 Å². The number of carbonyl (C=O) groups is 1. The van der Waals surface area contributed by atoms with Crippen LogP contribution in [0.4, 0.5) is 4.39 Å². The molecule has 0 saturated heterocycles. The summed E-state index contributed by atoms with van der Waals surface area (Å²) in [6.07, 6.45) is 0. The maximum absolute atomic E-state index is 12.8. The first kappa shape index (κ1) is 15.1. The lowest BCUT2D eigenvalue weighted by Gasteiger charge is -2.07. The number of rotatable bonds is 5. The van der Waals surface area contributed by atoms with Crippen molar-refractivity contribution in [3.8, 4) is 0 Å². The zero-order chi connectivity index (χ0) is 15.5. The van der Waals surface area contributed by atoms with Crippen molar-refractivity contribution in [2.75, 3.05) is 0 Å². The van der Waals surface area contributed by atoms with Gasteiger partial charge in [0.25, 0.3) is 0 Å². The zero-order valence-corrected chi connectivity index (χ0v) is 11.6. The summed E-state index contributed by atoms with van der Waals surface area (Å²) in [7, 11) is -3.83. The average molecular weight is 309 g/mol. The maximum atomic E-state index is 12.8. The molecule has 0 amide bonds. The van der Waals surface area contributed by atoms with E-state index in [2.05, 4.69) is 4.72 Å². The van der Waals surface area contributed by atoms with Gasteiger partial charge < -0.3 is 5.11 Å². The van der Waals surface area contributed by atoms with Crippen LogP contribution >= 0.6 is 0 Å². The van der Waals surface area contributed by atoms with Gasteiger partial charge >= 0.3 is 5.97 Å². The van der Waals surface area contributed by atoms with Gasteiger partial charge in [0.15, 0.2) is 0 Å². The van der Waals surface area contributed by atoms with Gasteiger partial charge in [-0.1, -0.05) is 18.2 Å². The van der Waals surface area contributed by atoms with Crippen molar-refractivity contribution in [1.82, 2.24) is 4.72 Å². The molecule has 0 aliphatic carbocycles. The van der Waals surface area contributed by atoms with Gasteiger partial charge in [0.05, 0.1) is 10.5 Å². The van der Waals surface area contributed by atoms with E-state index < -0.39 is 21.8 Å². The fourth-order valence-corrected chi connectivity index (χ4v) is 2.72. The van der Waals surface area contributed by atoms with E-state index in [4.69, 9.17) is 5.11 Å². The molecule has 2 N–H and O–H groups in total. The van der Waals surface area contributed by atoms with E-state index in [1.165, 1.54) is 42.5 Å². The second kappa shape index (κ2) is 6.02. The van der Waals surface area contributed by atoms with E-state index in [9.17, 15) is 17.6 Å². The molecular formula is C14H12FNO4S. The number of benzene rings is 2. The molecule has 0 aromatic heterocycles. The Kier molecular flexibility index (Phi) is 4.35. The first-order chi connectivity index (χ1) is 9.88. The lowest BCUT2D eigenvalue weighted by atomic mass is 10.2. The molecule has 0 fully saturated rings. The number of halogens is 1. The highest BCUT2D eigenvalue weighted by atomic mass is 32.2. The summed E-state index contributed by atoms with van der Waals surface area (Å²) < 4.78 is 39.2. The third-order valence-corrected chi connectivity index (χ3v) is 4.17. The van der Waals surface area contributed by atoms with Crippen molar-refractivity contribution in [2.24, 2.45) is 0 Å². The van der Waals surface area contributed by atoms with Crippen LogP contribution in [0.3, 0.4) is 0 Å². The Morgan fingerprint density at radius 2 is 1.81 bits per heavy atom. The van der Waals surface area contributed by atoms with Gasteiger partial charge in [-0.15, -0.1) is 0 Å². The molecule has 2 aromatic carbocycles. The molecule has 0 atom stereocenters. The van der Waals surface area contributed by atoms with Gasteiger partial charge in [0, 0.05) is 6.54 Å². The Morgan fingerprint density at radius 3 is 2.43 bits per heavy atom. The summed E-state index contributed by atoms with van der Waals surface area (Å²) in [6, 6.07) is 10.4. The van der Waals surface area contributed by atoms with Crippen LogP contribution in [-0.4, -0.2) is 19.5 Å². The molecule has 21 heavy (non-hydrogen) atoms. The van der Waals surface area contributed by atoms with Crippen molar-refractivity contribution >= 4 is 16.0 Å². The number of carboxylic acids is 1. The van der Waals surface area contributed by atoms with Crippen LogP contribution < -0.4 is 4.72 Å². The fourth-order valence-electron chi connectivity index (χ4n) is 1.66. The van der Waals surface area contributed by atoms with E-state index in [1.54, 1.807) is 0 Å². The Morgan fingerprint density at radius 1 is 1.14 bits per heavy atom. The van der Waals surface area contributed by atoms with Gasteiger partial charge in [-0.25, -0.2) is 22.3 Å². The predicted molar refractivity (Wildman–Crippen MR) is 73.8 cm³/mol. The van der Waals surface area contributed by atoms with Crippen LogP contribution in [0, 0.1) is 5.82 Å². The van der Waals surface area contributed by atoms with Crippen molar-refractivity contribution < 1.29 is 22.7 Å². The quantitative estimate of drug-likeness (QED) is 0.885. The van der Waals surface area contributed by atoms with Crippen LogP contribution in [0.25, 0.3) is 0 Å². The minimum absolute atomic E-state index is 0.0140. The van der Waals surface area contributed by atoms with Gasteiger partial charge in [0.2, 0.25) is 10.0 Å². The average Bonchev–Trinajstić information content (AvgIpc) is 2.47. The predicted octanol–water partition coefficient (Wildman–Crippen LogP) is 2.00. The molecular weight excluding hydrogens is 297 g/mol. The lowest BCUT2D eigenvalue weighted by Crippen LogP contribution is -2.23. The SMILES string of the molecule is O=C(O)c1cccc(S(=O)(=O)NCc2ccc(F)cc2)c1. The number of hydrogen-bond acceptors (Lipinski definition) is 3. The minimum Gasteiger partial charge on any atom is -0.478 e. The Bertz CT molecular complexity index is 757. The van der Waals surface area contributed by atoms with Crippen molar-refractivity contribution in [2.45, 2.75) is 11.4 Å². The first-order valence-electron chi connectivity index (χ1n) is 5.96. The van der Waals surface area contributed by atoms with E-state index in [1.807, 2.05) is 0 Å². The third kappa shape index (κ3) is 3.87. The van der Waals surface area contributed by atoms with Crippen molar-refractivity contribution in [3.05, 3.63) is 65.5 Å². The van der Waals surface area contributed by atoms with Gasteiger partial charge in [-0.05, 0) is 35.9 Å². The highest BCUT2D eigenvalue weighted by molar-refractivity contribution is 7.89. The molecule has 5 nitrogen and oxygen atoms in total. The summed E-state index contributed by atoms with van der Waals surface area (Å²) in [5.74, 6) is -1.61. The van der Waals surface area contributed by atoms with Gasteiger partial charge in [0.1, 0.15) is 5.82 Å². The summed E-state index contributed by atoms with van der Waals surface area (Å²) in [5.41, 5.74) is 0.481. The Balaban J connectivity index is 2.16. The van der Waals surface area contributed by atoms with Crippen molar-refractivity contribution in [1.29, 1.82) is 0 Å². The minimum atomic E-state index is -3.83. The Labute approximate surface area is 121 Å². The van der Waals surface area contributed by atoms with Crippen LogP contribution in [0.1, 0.15) is 15.9 Å². The van der Waals surface area contributed by atoms with Gasteiger partial charge in [-0.3, -0.25) is 0 Å². The summed E-state index contributed by atoms with van der Waals surface area (Å²) in [5, 5.41) is 8.86. The lowest BCUT2D eigenvalue weighted by molar-refractivity contribution is 0.0696. The van der Waals surface area contributed by atoms with E-state index in [0.717, 1.165) is 6.07 Å². The molecule has 0 spiro atoms. The number of nitrogens with one attached hydrogen (secondary N) is 1. The maximum Gasteiger partial charge on any atom is 0.335 e. The monoisotopic (exact) mass is 309 g/mol.